The van der Waals surface area contributed by atoms with E-state index in [1.807, 2.05) is 12.1 Å². The minimum atomic E-state index is -3.72. The first-order valence-electron chi connectivity index (χ1n) is 11.1. The molecule has 178 valence electrons. The number of fused-ring (bicyclic) bond motifs is 2. The van der Waals surface area contributed by atoms with Crippen molar-refractivity contribution in [3.63, 3.8) is 0 Å². The van der Waals surface area contributed by atoms with Gasteiger partial charge in [0.2, 0.25) is 15.9 Å². The van der Waals surface area contributed by atoms with Crippen LogP contribution in [0.2, 0.25) is 0 Å². The number of carbonyl (C=O) groups is 2. The molecule has 5 rings (SSSR count). The molecular weight excluding hydrogens is 458 g/mol. The Morgan fingerprint density at radius 1 is 0.941 bits per heavy atom. The lowest BCUT2D eigenvalue weighted by atomic mass is 10.1. The topological polar surface area (TPSA) is 96.5 Å². The average Bonchev–Trinajstić information content (AvgIpc) is 3.11. The van der Waals surface area contributed by atoms with E-state index in [-0.39, 0.29) is 55.9 Å². The van der Waals surface area contributed by atoms with E-state index in [1.165, 1.54) is 21.3 Å². The molecule has 2 aromatic rings. The Morgan fingerprint density at radius 3 is 2.32 bits per heavy atom. The average molecular weight is 484 g/mol. The van der Waals surface area contributed by atoms with Crippen LogP contribution in [0.25, 0.3) is 5.70 Å². The summed E-state index contributed by atoms with van der Waals surface area (Å²) in [5, 5.41) is 0. The van der Waals surface area contributed by atoms with Crippen LogP contribution in [0.15, 0.2) is 53.9 Å². The third-order valence-electron chi connectivity index (χ3n) is 6.33. The first-order chi connectivity index (χ1) is 16.4. The number of nitrogens with zero attached hydrogens (tertiary/aromatic N) is 3. The van der Waals surface area contributed by atoms with Gasteiger partial charge in [-0.15, -0.1) is 0 Å². The lowest BCUT2D eigenvalue weighted by Gasteiger charge is -2.34. The molecule has 34 heavy (non-hydrogen) atoms. The number of hydrogen-bond acceptors (Lipinski definition) is 6. The van der Waals surface area contributed by atoms with Gasteiger partial charge in [-0.2, -0.15) is 4.31 Å². The van der Waals surface area contributed by atoms with Crippen molar-refractivity contribution in [2.24, 2.45) is 0 Å². The Hall–Kier alpha value is -3.37. The van der Waals surface area contributed by atoms with Crippen molar-refractivity contribution >= 4 is 27.5 Å². The van der Waals surface area contributed by atoms with Crippen LogP contribution in [0, 0.1) is 0 Å². The number of rotatable bonds is 5. The lowest BCUT2D eigenvalue weighted by Crippen LogP contribution is -2.50. The minimum absolute atomic E-state index is 0.118. The second kappa shape index (κ2) is 8.77. The van der Waals surface area contributed by atoms with E-state index in [0.717, 1.165) is 5.56 Å². The van der Waals surface area contributed by atoms with Crippen LogP contribution in [0.1, 0.15) is 22.3 Å². The van der Waals surface area contributed by atoms with Gasteiger partial charge in [-0.1, -0.05) is 24.8 Å². The Kier molecular flexibility index (Phi) is 5.78. The monoisotopic (exact) mass is 483 g/mol. The summed E-state index contributed by atoms with van der Waals surface area (Å²) >= 11 is 0. The summed E-state index contributed by atoms with van der Waals surface area (Å²) in [6.07, 6.45) is 0.146. The number of carbonyl (C=O) groups excluding carboxylic acids is 2. The Labute approximate surface area is 198 Å². The molecule has 0 aliphatic carbocycles. The number of amides is 2. The standard InChI is InChI=1S/C24H25N3O6S/c1-17-19-4-2-3-5-20(19)24(29)27(17)9-8-23(28)25-10-12-26(13-11-25)34(30,31)18-6-7-21-22(16-18)33-15-14-32-21/h2-7,16H,1,8-15H2. The first kappa shape index (κ1) is 22.4. The van der Waals surface area contributed by atoms with Crippen molar-refractivity contribution < 1.29 is 27.5 Å². The lowest BCUT2D eigenvalue weighted by molar-refractivity contribution is -0.132. The van der Waals surface area contributed by atoms with Crippen LogP contribution in [0.4, 0.5) is 0 Å². The highest BCUT2D eigenvalue weighted by Crippen LogP contribution is 2.34. The molecular formula is C24H25N3O6S. The second-order valence-corrected chi connectivity index (χ2v) is 10.2. The third-order valence-corrected chi connectivity index (χ3v) is 8.23. The molecule has 0 unspecified atom stereocenters. The summed E-state index contributed by atoms with van der Waals surface area (Å²) in [6.45, 7) is 6.02. The van der Waals surface area contributed by atoms with Crippen molar-refractivity contribution in [2.45, 2.75) is 11.3 Å². The van der Waals surface area contributed by atoms with Crippen molar-refractivity contribution in [2.75, 3.05) is 45.9 Å². The fourth-order valence-corrected chi connectivity index (χ4v) is 5.89. The Morgan fingerprint density at radius 2 is 1.62 bits per heavy atom. The molecule has 0 saturated carbocycles. The largest absolute Gasteiger partial charge is 0.486 e. The fraction of sp³-hybridized carbons (Fsp3) is 0.333. The first-order valence-corrected chi connectivity index (χ1v) is 12.6. The molecule has 2 aromatic carbocycles. The summed E-state index contributed by atoms with van der Waals surface area (Å²) in [4.78, 5) is 28.7. The zero-order chi connectivity index (χ0) is 23.9. The van der Waals surface area contributed by atoms with Gasteiger partial charge >= 0.3 is 0 Å². The zero-order valence-electron chi connectivity index (χ0n) is 18.6. The van der Waals surface area contributed by atoms with Gasteiger partial charge in [0.05, 0.1) is 4.90 Å². The molecule has 0 spiro atoms. The summed E-state index contributed by atoms with van der Waals surface area (Å²) in [6, 6.07) is 11.9. The van der Waals surface area contributed by atoms with Gasteiger partial charge in [0, 0.05) is 62.0 Å². The number of piperazine rings is 1. The highest BCUT2D eigenvalue weighted by atomic mass is 32.2. The normalized spacial score (nSPS) is 18.2. The van der Waals surface area contributed by atoms with E-state index in [0.29, 0.717) is 36.0 Å². The van der Waals surface area contributed by atoms with Crippen molar-refractivity contribution in [3.05, 3.63) is 60.2 Å². The van der Waals surface area contributed by atoms with E-state index in [1.54, 1.807) is 23.1 Å². The molecule has 3 heterocycles. The van der Waals surface area contributed by atoms with E-state index < -0.39 is 10.0 Å². The van der Waals surface area contributed by atoms with E-state index in [9.17, 15) is 18.0 Å². The van der Waals surface area contributed by atoms with E-state index in [2.05, 4.69) is 6.58 Å². The van der Waals surface area contributed by atoms with Crippen LogP contribution in [-0.4, -0.2) is 80.3 Å². The maximum atomic E-state index is 13.1. The number of sulfonamides is 1. The summed E-state index contributed by atoms with van der Waals surface area (Å²) in [5.41, 5.74) is 1.99. The predicted molar refractivity (Wildman–Crippen MR) is 124 cm³/mol. The second-order valence-electron chi connectivity index (χ2n) is 8.29. The van der Waals surface area contributed by atoms with Gasteiger partial charge < -0.3 is 19.3 Å². The smallest absolute Gasteiger partial charge is 0.258 e. The quantitative estimate of drug-likeness (QED) is 0.644. The molecule has 3 aliphatic heterocycles. The molecule has 0 atom stereocenters. The Balaban J connectivity index is 1.17. The van der Waals surface area contributed by atoms with Gasteiger partial charge in [0.1, 0.15) is 13.2 Å². The molecule has 9 nitrogen and oxygen atoms in total. The molecule has 0 radical (unpaired) electrons. The molecule has 2 amide bonds. The van der Waals surface area contributed by atoms with E-state index in [4.69, 9.17) is 9.47 Å². The molecule has 0 aromatic heterocycles. The van der Waals surface area contributed by atoms with Crippen LogP contribution in [0.5, 0.6) is 11.5 Å². The SMILES string of the molecule is C=C1c2ccccc2C(=O)N1CCC(=O)N1CCN(S(=O)(=O)c2ccc3c(c2)OCCO3)CC1. The maximum absolute atomic E-state index is 13.1. The molecule has 1 saturated heterocycles. The van der Waals surface area contributed by atoms with E-state index >= 15 is 0 Å². The van der Waals surface area contributed by atoms with Gasteiger partial charge in [-0.25, -0.2) is 8.42 Å². The summed E-state index contributed by atoms with van der Waals surface area (Å²) in [7, 11) is -3.72. The molecule has 0 bridgehead atoms. The molecule has 0 N–H and O–H groups in total. The molecule has 3 aliphatic rings. The van der Waals surface area contributed by atoms with Crippen molar-refractivity contribution in [1.29, 1.82) is 0 Å². The van der Waals surface area contributed by atoms with Gasteiger partial charge in [-0.3, -0.25) is 9.59 Å². The fourth-order valence-electron chi connectivity index (χ4n) is 4.45. The maximum Gasteiger partial charge on any atom is 0.258 e. The highest BCUT2D eigenvalue weighted by molar-refractivity contribution is 7.89. The van der Waals surface area contributed by atoms with Crippen LogP contribution in [-0.2, 0) is 14.8 Å². The highest BCUT2D eigenvalue weighted by Gasteiger charge is 2.33. The minimum Gasteiger partial charge on any atom is -0.486 e. The van der Waals surface area contributed by atoms with Crippen LogP contribution < -0.4 is 9.47 Å². The summed E-state index contributed by atoms with van der Waals surface area (Å²) in [5.74, 6) is 0.681. The third kappa shape index (κ3) is 3.92. The van der Waals surface area contributed by atoms with Crippen molar-refractivity contribution in [1.82, 2.24) is 14.1 Å². The van der Waals surface area contributed by atoms with Gasteiger partial charge in [0.15, 0.2) is 11.5 Å². The predicted octanol–water partition coefficient (Wildman–Crippen LogP) is 1.81. The Bertz CT molecular complexity index is 1230. The van der Waals surface area contributed by atoms with Crippen molar-refractivity contribution in [3.8, 4) is 11.5 Å². The number of benzene rings is 2. The van der Waals surface area contributed by atoms with Crippen LogP contribution >= 0.6 is 0 Å². The van der Waals surface area contributed by atoms with Gasteiger partial charge in [-0.05, 0) is 18.2 Å². The molecule has 10 heteroatoms. The zero-order valence-corrected chi connectivity index (χ0v) is 19.4. The molecule has 1 fully saturated rings. The summed E-state index contributed by atoms with van der Waals surface area (Å²) < 4.78 is 38.5. The van der Waals surface area contributed by atoms with Crippen LogP contribution in [0.3, 0.4) is 0 Å². The number of hydrogen-bond donors (Lipinski definition) is 0. The number of ether oxygens (including phenoxy) is 2. The van der Waals surface area contributed by atoms with Gasteiger partial charge in [0.25, 0.3) is 5.91 Å².